The molecule has 0 bridgehead atoms. The Kier molecular flexibility index (Phi) is 8.13. The van der Waals surface area contributed by atoms with Gasteiger partial charge in [-0.25, -0.2) is 14.2 Å². The predicted molar refractivity (Wildman–Crippen MR) is 134 cm³/mol. The van der Waals surface area contributed by atoms with Crippen molar-refractivity contribution in [2.24, 2.45) is 5.73 Å². The molecule has 0 aromatic heterocycles. The van der Waals surface area contributed by atoms with Crippen LogP contribution in [0.2, 0.25) is 5.02 Å². The molecule has 4 rings (SSSR count). The van der Waals surface area contributed by atoms with Gasteiger partial charge in [-0.1, -0.05) is 48.0 Å². The van der Waals surface area contributed by atoms with Gasteiger partial charge in [-0.15, -0.1) is 11.6 Å². The average molecular weight is 518 g/mol. The molecule has 9 heteroatoms. The van der Waals surface area contributed by atoms with Crippen molar-refractivity contribution in [3.63, 3.8) is 0 Å². The number of alkyl halides is 1. The number of amides is 1. The molecule has 0 aliphatic carbocycles. The number of nitrogens with two attached hydrogens (primary N) is 1. The Morgan fingerprint density at radius 3 is 2.26 bits per heavy atom. The molecule has 2 N–H and O–H groups in total. The van der Waals surface area contributed by atoms with Gasteiger partial charge >= 0.3 is 0 Å². The van der Waals surface area contributed by atoms with Crippen molar-refractivity contribution in [2.75, 3.05) is 13.1 Å². The van der Waals surface area contributed by atoms with Gasteiger partial charge in [0.1, 0.15) is 17.3 Å². The summed E-state index contributed by atoms with van der Waals surface area (Å²) in [5.41, 5.74) is 6.87. The van der Waals surface area contributed by atoms with E-state index < -0.39 is 24.3 Å². The molecule has 3 aromatic rings. The van der Waals surface area contributed by atoms with E-state index in [1.807, 2.05) is 72.5 Å². The van der Waals surface area contributed by atoms with Crippen LogP contribution in [0.4, 0.5) is 4.39 Å². The van der Waals surface area contributed by atoms with Crippen LogP contribution in [-0.2, 0) is 10.7 Å². The Morgan fingerprint density at radius 1 is 1.09 bits per heavy atom. The molecule has 1 aliphatic rings. The maximum absolute atomic E-state index is 14.4. The number of carbonyl (C=O) groups is 1. The fourth-order valence-corrected chi connectivity index (χ4v) is 4.90. The molecule has 0 saturated carbocycles. The van der Waals surface area contributed by atoms with Crippen molar-refractivity contribution >= 4 is 29.1 Å². The molecule has 1 fully saturated rings. The molecule has 0 spiro atoms. The number of primary amides is 1. The van der Waals surface area contributed by atoms with Crippen molar-refractivity contribution in [1.29, 1.82) is 0 Å². The van der Waals surface area contributed by atoms with Gasteiger partial charge in [-0.3, -0.25) is 4.79 Å². The SMILES string of the molecule is CC(c1cc(F)cc(Cl)c1CCl)N1CC(Oc2ccccc2)N(CC(N)=O)C1Oc1ccccc1. The summed E-state index contributed by atoms with van der Waals surface area (Å²) >= 11 is 12.5. The molecule has 184 valence electrons. The summed E-state index contributed by atoms with van der Waals surface area (Å²) < 4.78 is 27.0. The van der Waals surface area contributed by atoms with E-state index in [9.17, 15) is 9.18 Å². The quantitative estimate of drug-likeness (QED) is 0.397. The summed E-state index contributed by atoms with van der Waals surface area (Å²) in [6, 6.07) is 20.8. The molecule has 3 atom stereocenters. The molecular weight excluding hydrogens is 492 g/mol. The highest BCUT2D eigenvalue weighted by Gasteiger charge is 2.46. The molecular formula is C26H26Cl2FN3O3. The fraction of sp³-hybridized carbons (Fsp3) is 0.269. The summed E-state index contributed by atoms with van der Waals surface area (Å²) in [7, 11) is 0. The monoisotopic (exact) mass is 517 g/mol. The highest BCUT2D eigenvalue weighted by Crippen LogP contribution is 2.37. The Labute approximate surface area is 213 Å². The minimum absolute atomic E-state index is 0.107. The number of hydrogen-bond acceptors (Lipinski definition) is 5. The second-order valence-corrected chi connectivity index (χ2v) is 8.92. The first-order valence-corrected chi connectivity index (χ1v) is 12.1. The van der Waals surface area contributed by atoms with Gasteiger partial charge in [0.05, 0.1) is 13.1 Å². The third-order valence-corrected chi connectivity index (χ3v) is 6.52. The van der Waals surface area contributed by atoms with Gasteiger partial charge < -0.3 is 15.2 Å². The summed E-state index contributed by atoms with van der Waals surface area (Å²) in [5, 5.41) is 0.257. The van der Waals surface area contributed by atoms with Gasteiger partial charge in [0, 0.05) is 16.9 Å². The van der Waals surface area contributed by atoms with Crippen molar-refractivity contribution < 1.29 is 18.7 Å². The second kappa shape index (κ2) is 11.3. The van der Waals surface area contributed by atoms with E-state index in [1.165, 1.54) is 12.1 Å². The molecule has 6 nitrogen and oxygen atoms in total. The van der Waals surface area contributed by atoms with Crippen molar-refractivity contribution in [2.45, 2.75) is 31.4 Å². The number of benzene rings is 3. The minimum Gasteiger partial charge on any atom is -0.474 e. The van der Waals surface area contributed by atoms with Gasteiger partial charge in [-0.2, -0.15) is 0 Å². The minimum atomic E-state index is -0.737. The average Bonchev–Trinajstić information content (AvgIpc) is 3.15. The topological polar surface area (TPSA) is 68.0 Å². The van der Waals surface area contributed by atoms with Crippen LogP contribution in [0.25, 0.3) is 0 Å². The molecule has 1 saturated heterocycles. The molecule has 3 aromatic carbocycles. The summed E-state index contributed by atoms with van der Waals surface area (Å²) in [5.74, 6) is 0.357. The van der Waals surface area contributed by atoms with E-state index >= 15 is 0 Å². The standard InChI is InChI=1S/C26H26Cl2FN3O3/c1-17(21-12-18(29)13-23(28)22(21)14-27)31-16-25(34-19-8-4-2-5-9-19)32(15-24(30)33)26(31)35-20-10-6-3-7-11-20/h2-13,17,25-26H,14-16H2,1H3,(H2,30,33). The third kappa shape index (κ3) is 5.87. The molecule has 1 aliphatic heterocycles. The van der Waals surface area contributed by atoms with E-state index in [0.717, 1.165) is 0 Å². The maximum Gasteiger partial charge on any atom is 0.231 e. The highest BCUT2D eigenvalue weighted by atomic mass is 35.5. The third-order valence-electron chi connectivity index (χ3n) is 5.92. The highest BCUT2D eigenvalue weighted by molar-refractivity contribution is 6.32. The molecule has 35 heavy (non-hydrogen) atoms. The first-order chi connectivity index (χ1) is 16.9. The Morgan fingerprint density at radius 2 is 1.69 bits per heavy atom. The van der Waals surface area contributed by atoms with Crippen LogP contribution < -0.4 is 15.2 Å². The lowest BCUT2D eigenvalue weighted by atomic mass is 10.0. The van der Waals surface area contributed by atoms with E-state index in [-0.39, 0.29) is 23.5 Å². The normalized spacial score (nSPS) is 19.4. The van der Waals surface area contributed by atoms with E-state index in [2.05, 4.69) is 0 Å². The lowest BCUT2D eigenvalue weighted by Gasteiger charge is -2.34. The van der Waals surface area contributed by atoms with Crippen LogP contribution in [0.5, 0.6) is 11.5 Å². The maximum atomic E-state index is 14.4. The molecule has 1 amide bonds. The first kappa shape index (κ1) is 25.3. The Hall–Kier alpha value is -2.84. The number of nitrogens with zero attached hydrogens (tertiary/aromatic N) is 2. The number of halogens is 3. The summed E-state index contributed by atoms with van der Waals surface area (Å²) in [6.07, 6.45) is -1.30. The van der Waals surface area contributed by atoms with E-state index in [1.54, 1.807) is 4.90 Å². The van der Waals surface area contributed by atoms with Crippen LogP contribution in [0.15, 0.2) is 72.8 Å². The van der Waals surface area contributed by atoms with Gasteiger partial charge in [0.15, 0.2) is 6.23 Å². The number of carbonyl (C=O) groups excluding carboxylic acids is 1. The number of hydrogen-bond donors (Lipinski definition) is 1. The Bertz CT molecular complexity index is 1150. The number of para-hydroxylation sites is 2. The van der Waals surface area contributed by atoms with Crippen LogP contribution in [0.3, 0.4) is 0 Å². The lowest BCUT2D eigenvalue weighted by Crippen LogP contribution is -2.49. The molecule has 3 unspecified atom stereocenters. The zero-order valence-corrected chi connectivity index (χ0v) is 20.6. The van der Waals surface area contributed by atoms with Crippen LogP contribution in [-0.4, -0.2) is 41.4 Å². The number of ether oxygens (including phenoxy) is 2. The number of rotatable bonds is 9. The van der Waals surface area contributed by atoms with Crippen molar-refractivity contribution in [3.05, 3.63) is 94.8 Å². The zero-order chi connectivity index (χ0) is 24.9. The molecule has 0 radical (unpaired) electrons. The van der Waals surface area contributed by atoms with Crippen LogP contribution in [0, 0.1) is 5.82 Å². The van der Waals surface area contributed by atoms with Crippen molar-refractivity contribution in [1.82, 2.24) is 9.80 Å². The zero-order valence-electron chi connectivity index (χ0n) is 19.1. The van der Waals surface area contributed by atoms with Gasteiger partial charge in [0.2, 0.25) is 12.3 Å². The molecule has 1 heterocycles. The largest absolute Gasteiger partial charge is 0.474 e. The van der Waals surface area contributed by atoms with Crippen LogP contribution in [0.1, 0.15) is 24.1 Å². The summed E-state index contributed by atoms with van der Waals surface area (Å²) in [4.78, 5) is 15.8. The van der Waals surface area contributed by atoms with Gasteiger partial charge in [0.25, 0.3) is 0 Å². The predicted octanol–water partition coefficient (Wildman–Crippen LogP) is 5.15. The Balaban J connectivity index is 1.74. The fourth-order valence-electron chi connectivity index (χ4n) is 4.25. The summed E-state index contributed by atoms with van der Waals surface area (Å²) in [6.45, 7) is 2.15. The van der Waals surface area contributed by atoms with E-state index in [4.69, 9.17) is 38.4 Å². The lowest BCUT2D eigenvalue weighted by molar-refractivity contribution is -0.128. The van der Waals surface area contributed by atoms with Gasteiger partial charge in [-0.05, 0) is 54.4 Å². The van der Waals surface area contributed by atoms with Crippen LogP contribution >= 0.6 is 23.2 Å². The second-order valence-electron chi connectivity index (χ2n) is 8.24. The smallest absolute Gasteiger partial charge is 0.231 e. The first-order valence-electron chi connectivity index (χ1n) is 11.1. The van der Waals surface area contributed by atoms with Crippen molar-refractivity contribution in [3.8, 4) is 11.5 Å². The van der Waals surface area contributed by atoms with E-state index in [0.29, 0.717) is 29.2 Å².